The number of aliphatic carboxylic acids is 1. The molecule has 0 rings (SSSR count). The quantitative estimate of drug-likeness (QED) is 0.184. The molecule has 0 aromatic heterocycles. The van der Waals surface area contributed by atoms with Gasteiger partial charge in [-0.1, -0.05) is 69.4 Å². The predicted octanol–water partition coefficient (Wildman–Crippen LogP) is 5.62. The number of carbonyl (C=O) groups excluding carboxylic acids is 1. The normalized spacial score (nSPS) is 11.9. The fourth-order valence-electron chi connectivity index (χ4n) is 2.15. The van der Waals surface area contributed by atoms with Crippen molar-refractivity contribution in [3.63, 3.8) is 0 Å². The molecule has 0 heterocycles. The third kappa shape index (κ3) is 18.3. The maximum atomic E-state index is 11.4. The summed E-state index contributed by atoms with van der Waals surface area (Å²) in [5.74, 6) is -0.871. The molecule has 0 unspecified atom stereocenters. The Balaban J connectivity index is 3.51. The highest BCUT2D eigenvalue weighted by molar-refractivity contribution is 5.90. The van der Waals surface area contributed by atoms with Crippen LogP contribution < -0.4 is 0 Å². The van der Waals surface area contributed by atoms with Gasteiger partial charge in [-0.05, 0) is 31.8 Å². The second-order valence-corrected chi connectivity index (χ2v) is 5.76. The van der Waals surface area contributed by atoms with E-state index < -0.39 is 5.97 Å². The summed E-state index contributed by atoms with van der Waals surface area (Å²) in [6.45, 7) is 2.24. The standard InChI is InChI=1S/C20H32O3/c1-2-3-4-5-6-7-8-9-10-11-12-13-14-16-19(21)17-15-18-20(22)23/h9-10,12-14,16H,2-8,11,15,17-18H2,1H3,(H,22,23)/b10-9-,13-12-,16-14-. The zero-order chi connectivity index (χ0) is 17.2. The van der Waals surface area contributed by atoms with Gasteiger partial charge in [-0.3, -0.25) is 9.59 Å². The topological polar surface area (TPSA) is 54.4 Å². The zero-order valence-corrected chi connectivity index (χ0v) is 14.5. The Morgan fingerprint density at radius 1 is 0.826 bits per heavy atom. The predicted molar refractivity (Wildman–Crippen MR) is 96.5 cm³/mol. The minimum absolute atomic E-state index is 0.0190. The van der Waals surface area contributed by atoms with E-state index in [0.717, 1.165) is 12.8 Å². The second-order valence-electron chi connectivity index (χ2n) is 5.76. The van der Waals surface area contributed by atoms with Crippen LogP contribution >= 0.6 is 0 Å². The van der Waals surface area contributed by atoms with Gasteiger partial charge in [-0.25, -0.2) is 0 Å². The van der Waals surface area contributed by atoms with Crippen molar-refractivity contribution < 1.29 is 14.7 Å². The van der Waals surface area contributed by atoms with Crippen molar-refractivity contribution in [1.29, 1.82) is 0 Å². The van der Waals surface area contributed by atoms with Gasteiger partial charge in [0.15, 0.2) is 5.78 Å². The molecule has 0 radical (unpaired) electrons. The number of carboxylic acids is 1. The lowest BCUT2D eigenvalue weighted by molar-refractivity contribution is -0.137. The fourth-order valence-corrected chi connectivity index (χ4v) is 2.15. The SMILES string of the molecule is CCCCCCCC/C=C\C/C=C\C=C/C(=O)CCCC(=O)O. The van der Waals surface area contributed by atoms with Crippen molar-refractivity contribution in [3.05, 3.63) is 36.5 Å². The molecule has 3 nitrogen and oxygen atoms in total. The Morgan fingerprint density at radius 3 is 2.30 bits per heavy atom. The van der Waals surface area contributed by atoms with Gasteiger partial charge in [0.25, 0.3) is 0 Å². The Bertz CT molecular complexity index is 392. The Labute approximate surface area is 141 Å². The van der Waals surface area contributed by atoms with Crippen LogP contribution in [-0.4, -0.2) is 16.9 Å². The monoisotopic (exact) mass is 320 g/mol. The molecule has 0 atom stereocenters. The molecule has 1 N–H and O–H groups in total. The molecule has 0 aromatic rings. The van der Waals surface area contributed by atoms with Crippen molar-refractivity contribution in [3.8, 4) is 0 Å². The smallest absolute Gasteiger partial charge is 0.303 e. The van der Waals surface area contributed by atoms with E-state index in [2.05, 4.69) is 19.1 Å². The van der Waals surface area contributed by atoms with Crippen LogP contribution in [0.3, 0.4) is 0 Å². The summed E-state index contributed by atoms with van der Waals surface area (Å²) in [7, 11) is 0. The summed E-state index contributed by atoms with van der Waals surface area (Å²) in [6, 6.07) is 0. The highest BCUT2D eigenvalue weighted by Crippen LogP contribution is 2.07. The molecule has 0 fully saturated rings. The minimum Gasteiger partial charge on any atom is -0.481 e. The van der Waals surface area contributed by atoms with Crippen molar-refractivity contribution in [2.75, 3.05) is 0 Å². The van der Waals surface area contributed by atoms with E-state index in [4.69, 9.17) is 5.11 Å². The largest absolute Gasteiger partial charge is 0.481 e. The average molecular weight is 320 g/mol. The first-order valence-corrected chi connectivity index (χ1v) is 8.89. The molecule has 0 aliphatic rings. The lowest BCUT2D eigenvalue weighted by atomic mass is 10.1. The summed E-state index contributed by atoms with van der Waals surface area (Å²) in [5, 5.41) is 8.48. The van der Waals surface area contributed by atoms with Crippen LogP contribution in [0, 0.1) is 0 Å². The number of unbranched alkanes of at least 4 members (excludes halogenated alkanes) is 6. The molecule has 130 valence electrons. The first kappa shape index (κ1) is 21.4. The van der Waals surface area contributed by atoms with Crippen molar-refractivity contribution >= 4 is 11.8 Å². The first-order chi connectivity index (χ1) is 11.2. The molecule has 0 aliphatic carbocycles. The van der Waals surface area contributed by atoms with Crippen molar-refractivity contribution in [2.45, 2.75) is 77.6 Å². The van der Waals surface area contributed by atoms with Crippen molar-refractivity contribution in [2.24, 2.45) is 0 Å². The Morgan fingerprint density at radius 2 is 1.57 bits per heavy atom. The summed E-state index contributed by atoms with van der Waals surface area (Å²) < 4.78 is 0. The van der Waals surface area contributed by atoms with Crippen LogP contribution in [0.15, 0.2) is 36.5 Å². The van der Waals surface area contributed by atoms with Crippen LogP contribution in [-0.2, 0) is 9.59 Å². The van der Waals surface area contributed by atoms with Gasteiger partial charge in [-0.15, -0.1) is 0 Å². The summed E-state index contributed by atoms with van der Waals surface area (Å²) in [5.41, 5.74) is 0. The summed E-state index contributed by atoms with van der Waals surface area (Å²) >= 11 is 0. The van der Waals surface area contributed by atoms with E-state index in [1.165, 1.54) is 44.6 Å². The number of ketones is 1. The number of rotatable bonds is 15. The first-order valence-electron chi connectivity index (χ1n) is 8.89. The number of hydrogen-bond donors (Lipinski definition) is 1. The fraction of sp³-hybridized carbons (Fsp3) is 0.600. The van der Waals surface area contributed by atoms with E-state index in [1.807, 2.05) is 12.2 Å². The van der Waals surface area contributed by atoms with Gasteiger partial charge in [0.05, 0.1) is 0 Å². The van der Waals surface area contributed by atoms with Gasteiger partial charge in [0, 0.05) is 12.8 Å². The molecule has 0 aliphatic heterocycles. The molecular formula is C20H32O3. The number of carbonyl (C=O) groups is 2. The van der Waals surface area contributed by atoms with E-state index in [1.54, 1.807) is 6.08 Å². The molecule has 23 heavy (non-hydrogen) atoms. The summed E-state index contributed by atoms with van der Waals surface area (Å²) in [6.07, 6.45) is 22.3. The van der Waals surface area contributed by atoms with Crippen LogP contribution in [0.5, 0.6) is 0 Å². The average Bonchev–Trinajstić information content (AvgIpc) is 2.51. The van der Waals surface area contributed by atoms with Crippen LogP contribution in [0.4, 0.5) is 0 Å². The molecule has 0 bridgehead atoms. The molecular weight excluding hydrogens is 288 g/mol. The van der Waals surface area contributed by atoms with Crippen molar-refractivity contribution in [1.82, 2.24) is 0 Å². The van der Waals surface area contributed by atoms with Crippen LogP contribution in [0.2, 0.25) is 0 Å². The van der Waals surface area contributed by atoms with Gasteiger partial charge in [0.2, 0.25) is 0 Å². The van der Waals surface area contributed by atoms with E-state index in [9.17, 15) is 9.59 Å². The molecule has 0 saturated carbocycles. The number of carboxylic acid groups (broad SMARTS) is 1. The van der Waals surface area contributed by atoms with Gasteiger partial charge in [0.1, 0.15) is 0 Å². The van der Waals surface area contributed by atoms with Gasteiger partial charge < -0.3 is 5.11 Å². The Kier molecular flexibility index (Phi) is 15.5. The molecule has 0 spiro atoms. The lowest BCUT2D eigenvalue weighted by Crippen LogP contribution is -1.97. The highest BCUT2D eigenvalue weighted by atomic mass is 16.4. The maximum Gasteiger partial charge on any atom is 0.303 e. The number of allylic oxidation sites excluding steroid dienone is 6. The summed E-state index contributed by atoms with van der Waals surface area (Å²) in [4.78, 5) is 21.7. The lowest BCUT2D eigenvalue weighted by Gasteiger charge is -1.97. The third-order valence-electron chi connectivity index (χ3n) is 3.51. The van der Waals surface area contributed by atoms with E-state index >= 15 is 0 Å². The van der Waals surface area contributed by atoms with Crippen LogP contribution in [0.25, 0.3) is 0 Å². The third-order valence-corrected chi connectivity index (χ3v) is 3.51. The molecule has 0 aromatic carbocycles. The zero-order valence-electron chi connectivity index (χ0n) is 14.5. The van der Waals surface area contributed by atoms with Crippen LogP contribution in [0.1, 0.15) is 77.6 Å². The highest BCUT2D eigenvalue weighted by Gasteiger charge is 1.99. The van der Waals surface area contributed by atoms with Gasteiger partial charge >= 0.3 is 5.97 Å². The van der Waals surface area contributed by atoms with E-state index in [0.29, 0.717) is 12.8 Å². The molecule has 0 saturated heterocycles. The Hall–Kier alpha value is -1.64. The molecule has 3 heteroatoms. The minimum atomic E-state index is -0.852. The second kappa shape index (κ2) is 16.7. The number of hydrogen-bond acceptors (Lipinski definition) is 2. The maximum absolute atomic E-state index is 11.4. The van der Waals surface area contributed by atoms with E-state index in [-0.39, 0.29) is 12.2 Å². The molecule has 0 amide bonds. The van der Waals surface area contributed by atoms with Gasteiger partial charge in [-0.2, -0.15) is 0 Å².